The van der Waals surface area contributed by atoms with Crippen molar-refractivity contribution in [2.45, 2.75) is 50.6 Å². The number of carbonyl (C=O) groups excluding carboxylic acids is 1. The van der Waals surface area contributed by atoms with Gasteiger partial charge in [0.2, 0.25) is 0 Å². The molecule has 1 amide bonds. The van der Waals surface area contributed by atoms with Crippen molar-refractivity contribution in [3.8, 4) is 0 Å². The van der Waals surface area contributed by atoms with E-state index in [1.54, 1.807) is 6.20 Å². The van der Waals surface area contributed by atoms with Crippen LogP contribution >= 0.6 is 0 Å². The van der Waals surface area contributed by atoms with E-state index in [2.05, 4.69) is 15.3 Å². The Morgan fingerprint density at radius 1 is 1.17 bits per heavy atom. The fraction of sp³-hybridized carbons (Fsp3) is 0.688. The molecule has 1 aromatic rings. The summed E-state index contributed by atoms with van der Waals surface area (Å²) in [5.74, 6) is 0.769. The van der Waals surface area contributed by atoms with Gasteiger partial charge in [0.1, 0.15) is 11.5 Å². The van der Waals surface area contributed by atoms with E-state index >= 15 is 0 Å². The predicted octanol–water partition coefficient (Wildman–Crippen LogP) is 1.16. The number of aromatic nitrogens is 2. The largest absolute Gasteiger partial charge is 0.354 e. The quantitative estimate of drug-likeness (QED) is 0.874. The van der Waals surface area contributed by atoms with Gasteiger partial charge in [-0.2, -0.15) is 0 Å². The fourth-order valence-electron chi connectivity index (χ4n) is 3.39. The van der Waals surface area contributed by atoms with Gasteiger partial charge in [-0.1, -0.05) is 19.3 Å². The lowest BCUT2D eigenvalue weighted by Crippen LogP contribution is -2.37. The van der Waals surface area contributed by atoms with E-state index in [0.717, 1.165) is 25.7 Å². The Balaban J connectivity index is 1.61. The van der Waals surface area contributed by atoms with Crippen LogP contribution in [-0.2, 0) is 9.84 Å². The van der Waals surface area contributed by atoms with Crippen molar-refractivity contribution in [2.24, 2.45) is 0 Å². The maximum absolute atomic E-state index is 12.2. The van der Waals surface area contributed by atoms with Crippen molar-refractivity contribution < 1.29 is 13.2 Å². The molecule has 1 aromatic heterocycles. The standard InChI is InChI=1S/C16H24N4O3S/c1-20(13-7-8-24(22,23)11-13)15-10-17-14(9-18-15)16(21)19-12-5-3-2-4-6-12/h9-10,12-13H,2-8,11H2,1H3,(H,19,21). The Bertz CT molecular complexity index is 684. The van der Waals surface area contributed by atoms with Crippen molar-refractivity contribution >= 4 is 21.6 Å². The summed E-state index contributed by atoms with van der Waals surface area (Å²) < 4.78 is 23.2. The summed E-state index contributed by atoms with van der Waals surface area (Å²) in [4.78, 5) is 22.6. The zero-order valence-corrected chi connectivity index (χ0v) is 14.8. The van der Waals surface area contributed by atoms with Gasteiger partial charge in [-0.25, -0.2) is 18.4 Å². The van der Waals surface area contributed by atoms with Gasteiger partial charge in [-0.15, -0.1) is 0 Å². The summed E-state index contributed by atoms with van der Waals surface area (Å²) in [6.45, 7) is 0. The first-order valence-electron chi connectivity index (χ1n) is 8.51. The molecule has 0 aromatic carbocycles. The summed E-state index contributed by atoms with van der Waals surface area (Å²) in [6, 6.07) is 0.158. The number of nitrogens with zero attached hydrogens (tertiary/aromatic N) is 3. The highest BCUT2D eigenvalue weighted by Gasteiger charge is 2.31. The van der Waals surface area contributed by atoms with E-state index in [1.807, 2.05) is 11.9 Å². The number of hydrogen-bond donors (Lipinski definition) is 1. The smallest absolute Gasteiger partial charge is 0.271 e. The summed E-state index contributed by atoms with van der Waals surface area (Å²) >= 11 is 0. The third kappa shape index (κ3) is 4.03. The van der Waals surface area contributed by atoms with E-state index in [4.69, 9.17) is 0 Å². The number of anilines is 1. The maximum atomic E-state index is 12.2. The number of carbonyl (C=O) groups is 1. The fourth-order valence-corrected chi connectivity index (χ4v) is 5.17. The molecular weight excluding hydrogens is 328 g/mol. The SMILES string of the molecule is CN(c1cnc(C(=O)NC2CCCCC2)cn1)C1CCS(=O)(=O)C1. The van der Waals surface area contributed by atoms with Crippen molar-refractivity contribution in [3.05, 3.63) is 18.1 Å². The average Bonchev–Trinajstić information content (AvgIpc) is 2.95. The molecule has 2 aliphatic rings. The highest BCUT2D eigenvalue weighted by Crippen LogP contribution is 2.21. The van der Waals surface area contributed by atoms with E-state index in [9.17, 15) is 13.2 Å². The number of rotatable bonds is 4. The molecule has 1 atom stereocenters. The number of nitrogens with one attached hydrogen (secondary N) is 1. The Hall–Kier alpha value is -1.70. The minimum absolute atomic E-state index is 0.0776. The van der Waals surface area contributed by atoms with Gasteiger partial charge < -0.3 is 10.2 Å². The Morgan fingerprint density at radius 2 is 1.92 bits per heavy atom. The monoisotopic (exact) mass is 352 g/mol. The van der Waals surface area contributed by atoms with Crippen LogP contribution < -0.4 is 10.2 Å². The molecule has 1 unspecified atom stereocenters. The van der Waals surface area contributed by atoms with Crippen molar-refractivity contribution in [3.63, 3.8) is 0 Å². The van der Waals surface area contributed by atoms with Crippen molar-refractivity contribution in [1.29, 1.82) is 0 Å². The predicted molar refractivity (Wildman–Crippen MR) is 91.8 cm³/mol. The lowest BCUT2D eigenvalue weighted by Gasteiger charge is -2.24. The topological polar surface area (TPSA) is 92.3 Å². The number of amides is 1. The lowest BCUT2D eigenvalue weighted by atomic mass is 9.95. The molecule has 2 fully saturated rings. The van der Waals surface area contributed by atoms with Crippen LogP contribution in [-0.4, -0.2) is 54.9 Å². The van der Waals surface area contributed by atoms with Gasteiger partial charge in [0.15, 0.2) is 9.84 Å². The van der Waals surface area contributed by atoms with Crippen LogP contribution in [0.5, 0.6) is 0 Å². The number of hydrogen-bond acceptors (Lipinski definition) is 6. The molecule has 8 heteroatoms. The average molecular weight is 352 g/mol. The minimum atomic E-state index is -2.94. The molecule has 132 valence electrons. The third-order valence-corrected chi connectivity index (χ3v) is 6.68. The van der Waals surface area contributed by atoms with E-state index in [1.165, 1.54) is 12.6 Å². The van der Waals surface area contributed by atoms with E-state index in [-0.39, 0.29) is 29.5 Å². The Labute approximate surface area is 142 Å². The molecule has 1 aliphatic heterocycles. The zero-order valence-electron chi connectivity index (χ0n) is 13.9. The van der Waals surface area contributed by atoms with Gasteiger partial charge in [-0.3, -0.25) is 4.79 Å². The van der Waals surface area contributed by atoms with Gasteiger partial charge in [0.25, 0.3) is 5.91 Å². The first-order valence-corrected chi connectivity index (χ1v) is 10.3. The van der Waals surface area contributed by atoms with Crippen molar-refractivity contribution in [1.82, 2.24) is 15.3 Å². The van der Waals surface area contributed by atoms with Crippen LogP contribution in [0.15, 0.2) is 12.4 Å². The third-order valence-electron chi connectivity index (χ3n) is 4.93. The van der Waals surface area contributed by atoms with Crippen LogP contribution in [0.25, 0.3) is 0 Å². The van der Waals surface area contributed by atoms with E-state index < -0.39 is 9.84 Å². The van der Waals surface area contributed by atoms with Gasteiger partial charge in [-0.05, 0) is 19.3 Å². The molecule has 0 bridgehead atoms. The summed E-state index contributed by atoms with van der Waals surface area (Å²) in [7, 11) is -1.12. The number of sulfone groups is 1. The van der Waals surface area contributed by atoms with E-state index in [0.29, 0.717) is 17.9 Å². The first kappa shape index (κ1) is 17.1. The minimum Gasteiger partial charge on any atom is -0.354 e. The lowest BCUT2D eigenvalue weighted by molar-refractivity contribution is 0.0922. The molecule has 24 heavy (non-hydrogen) atoms. The Morgan fingerprint density at radius 3 is 2.50 bits per heavy atom. The molecule has 1 saturated heterocycles. The molecule has 1 N–H and O–H groups in total. The van der Waals surface area contributed by atoms with Crippen LogP contribution in [0.4, 0.5) is 5.82 Å². The van der Waals surface area contributed by atoms with Crippen LogP contribution in [0.3, 0.4) is 0 Å². The molecule has 0 radical (unpaired) electrons. The second-order valence-corrected chi connectivity index (χ2v) is 8.96. The maximum Gasteiger partial charge on any atom is 0.271 e. The second-order valence-electron chi connectivity index (χ2n) is 6.74. The second kappa shape index (κ2) is 7.04. The van der Waals surface area contributed by atoms with Gasteiger partial charge in [0, 0.05) is 19.1 Å². The molecule has 1 aliphatic carbocycles. The molecule has 1 saturated carbocycles. The van der Waals surface area contributed by atoms with Gasteiger partial charge in [0.05, 0.1) is 23.9 Å². The molecule has 7 nitrogen and oxygen atoms in total. The van der Waals surface area contributed by atoms with Crippen LogP contribution in [0, 0.1) is 0 Å². The molecule has 3 rings (SSSR count). The highest BCUT2D eigenvalue weighted by molar-refractivity contribution is 7.91. The first-order chi connectivity index (χ1) is 11.4. The van der Waals surface area contributed by atoms with Crippen molar-refractivity contribution in [2.75, 3.05) is 23.5 Å². The zero-order chi connectivity index (χ0) is 17.2. The summed E-state index contributed by atoms with van der Waals surface area (Å²) in [5.41, 5.74) is 0.303. The Kier molecular flexibility index (Phi) is 5.03. The molecule has 2 heterocycles. The summed E-state index contributed by atoms with van der Waals surface area (Å²) in [5, 5.41) is 3.02. The van der Waals surface area contributed by atoms with Gasteiger partial charge >= 0.3 is 0 Å². The highest BCUT2D eigenvalue weighted by atomic mass is 32.2. The molecule has 0 spiro atoms. The van der Waals surface area contributed by atoms with Crippen LogP contribution in [0.2, 0.25) is 0 Å². The molecular formula is C16H24N4O3S. The van der Waals surface area contributed by atoms with Crippen LogP contribution in [0.1, 0.15) is 49.0 Å². The summed E-state index contributed by atoms with van der Waals surface area (Å²) in [6.07, 6.45) is 9.21. The normalized spacial score (nSPS) is 23.8.